The van der Waals surface area contributed by atoms with Crippen LogP contribution in [0.3, 0.4) is 0 Å². The van der Waals surface area contributed by atoms with Crippen molar-refractivity contribution >= 4 is 17.9 Å². The van der Waals surface area contributed by atoms with Crippen molar-refractivity contribution < 1.29 is 28.6 Å². The minimum atomic E-state index is -0.825. The van der Waals surface area contributed by atoms with Gasteiger partial charge in [0.05, 0.1) is 0 Å². The number of hydrogen-bond donors (Lipinski definition) is 0. The zero-order chi connectivity index (χ0) is 52.9. The van der Waals surface area contributed by atoms with Gasteiger partial charge in [0.2, 0.25) is 0 Å². The van der Waals surface area contributed by atoms with E-state index in [0.29, 0.717) is 19.3 Å². The molecule has 0 spiro atoms. The normalized spacial score (nSPS) is 12.6. The summed E-state index contributed by atoms with van der Waals surface area (Å²) >= 11 is 0. The molecule has 0 N–H and O–H groups in total. The molecular formula is C67H116O6. The average molecular weight is 1020 g/mol. The third kappa shape index (κ3) is 59.3. The second kappa shape index (κ2) is 61.1. The van der Waals surface area contributed by atoms with Crippen LogP contribution >= 0.6 is 0 Å². The fourth-order valence-corrected chi connectivity index (χ4v) is 8.69. The first-order valence-corrected chi connectivity index (χ1v) is 31.1. The molecule has 6 nitrogen and oxygen atoms in total. The van der Waals surface area contributed by atoms with E-state index in [0.717, 1.165) is 64.2 Å². The van der Waals surface area contributed by atoms with Gasteiger partial charge in [-0.05, 0) is 89.9 Å². The van der Waals surface area contributed by atoms with Crippen LogP contribution in [0.4, 0.5) is 0 Å². The molecule has 0 saturated heterocycles. The number of ether oxygens (including phenoxy) is 3. The third-order valence-corrected chi connectivity index (χ3v) is 13.4. The number of carbonyl (C=O) groups is 3. The van der Waals surface area contributed by atoms with Crippen molar-refractivity contribution in [3.8, 4) is 0 Å². The van der Waals surface area contributed by atoms with Gasteiger partial charge in [0.25, 0.3) is 0 Å². The summed E-state index contributed by atoms with van der Waals surface area (Å²) in [6.07, 6.45) is 80.3. The number of unbranched alkanes of at least 4 members (excludes halogenated alkanes) is 31. The van der Waals surface area contributed by atoms with E-state index in [1.165, 1.54) is 186 Å². The lowest BCUT2D eigenvalue weighted by Crippen LogP contribution is -2.30. The molecule has 0 saturated carbocycles. The highest BCUT2D eigenvalue weighted by Crippen LogP contribution is 2.16. The summed E-state index contributed by atoms with van der Waals surface area (Å²) in [5.41, 5.74) is 0. The Kier molecular flexibility index (Phi) is 58.3. The van der Waals surface area contributed by atoms with Gasteiger partial charge in [0.15, 0.2) is 6.10 Å². The van der Waals surface area contributed by atoms with Gasteiger partial charge >= 0.3 is 17.9 Å². The molecule has 0 aliphatic heterocycles. The molecule has 420 valence electrons. The lowest BCUT2D eigenvalue weighted by molar-refractivity contribution is -0.167. The topological polar surface area (TPSA) is 78.9 Å². The van der Waals surface area contributed by atoms with Crippen LogP contribution in [0.2, 0.25) is 0 Å². The molecule has 0 radical (unpaired) electrons. The minimum Gasteiger partial charge on any atom is -0.462 e. The molecule has 0 heterocycles. The average Bonchev–Trinajstić information content (AvgIpc) is 3.39. The maximum atomic E-state index is 12.9. The molecule has 0 unspecified atom stereocenters. The van der Waals surface area contributed by atoms with Crippen molar-refractivity contribution in [3.05, 3.63) is 85.1 Å². The zero-order valence-corrected chi connectivity index (χ0v) is 48.1. The number of carbonyl (C=O) groups excluding carboxylic acids is 3. The van der Waals surface area contributed by atoms with E-state index in [2.05, 4.69) is 106 Å². The van der Waals surface area contributed by atoms with E-state index in [-0.39, 0.29) is 44.0 Å². The van der Waals surface area contributed by atoms with E-state index in [4.69, 9.17) is 14.2 Å². The Balaban J connectivity index is 4.47. The van der Waals surface area contributed by atoms with Crippen LogP contribution in [-0.4, -0.2) is 37.2 Å². The standard InChI is InChI=1S/C67H116O6/c1-4-7-10-13-16-19-22-25-28-31-32-33-34-37-39-42-45-48-51-54-57-60-66(69)72-63-64(73-67(70)61-58-55-52-49-46-43-40-36-30-27-24-21-18-15-12-9-6-3)62-71-65(68)59-56-53-50-47-44-41-38-35-29-26-23-20-17-14-11-8-5-2/h18,21,26-27,29-30,38,40-41,43,47,49-50,52,64H,4-17,19-20,22-25,28,31-37,39,42,44-46,48,51,53-63H2,1-3H3/b21-18-,29-26-,30-27-,41-38-,43-40-,50-47-,52-49-/t64-/m1/s1. The first kappa shape index (κ1) is 69.6. The largest absolute Gasteiger partial charge is 0.462 e. The summed E-state index contributed by atoms with van der Waals surface area (Å²) in [5.74, 6) is -1.01. The van der Waals surface area contributed by atoms with Crippen LogP contribution in [0.1, 0.15) is 303 Å². The molecule has 73 heavy (non-hydrogen) atoms. The quantitative estimate of drug-likeness (QED) is 0.0261. The SMILES string of the molecule is CCCCC/C=C\C/C=C\C/C=C\C/C=C\CCCC(=O)O[C@H](COC(=O)CCC/C=C\C/C=C\C/C=C\CCCCCCCC)COC(=O)CCCCCCCCCCCCCCCCCCCCCCC. The summed E-state index contributed by atoms with van der Waals surface area (Å²) < 4.78 is 16.8. The van der Waals surface area contributed by atoms with E-state index in [9.17, 15) is 14.4 Å². The third-order valence-electron chi connectivity index (χ3n) is 13.4. The van der Waals surface area contributed by atoms with Gasteiger partial charge < -0.3 is 14.2 Å². The monoisotopic (exact) mass is 1020 g/mol. The first-order chi connectivity index (χ1) is 36.0. The number of rotatable bonds is 56. The van der Waals surface area contributed by atoms with Gasteiger partial charge in [-0.2, -0.15) is 0 Å². The van der Waals surface area contributed by atoms with Crippen LogP contribution in [0.5, 0.6) is 0 Å². The Bertz CT molecular complexity index is 1400. The lowest BCUT2D eigenvalue weighted by Gasteiger charge is -2.18. The van der Waals surface area contributed by atoms with Gasteiger partial charge in [-0.25, -0.2) is 0 Å². The molecule has 1 atom stereocenters. The molecule has 0 fully saturated rings. The minimum absolute atomic E-state index is 0.112. The van der Waals surface area contributed by atoms with Crippen LogP contribution in [0, 0.1) is 0 Å². The summed E-state index contributed by atoms with van der Waals surface area (Å²) in [6, 6.07) is 0. The molecule has 0 amide bonds. The Morgan fingerprint density at radius 3 is 0.849 bits per heavy atom. The van der Waals surface area contributed by atoms with Gasteiger partial charge in [0, 0.05) is 19.3 Å². The molecular weight excluding hydrogens is 901 g/mol. The zero-order valence-electron chi connectivity index (χ0n) is 48.1. The summed E-state index contributed by atoms with van der Waals surface area (Å²) in [5, 5.41) is 0. The van der Waals surface area contributed by atoms with Gasteiger partial charge in [-0.15, -0.1) is 0 Å². The van der Waals surface area contributed by atoms with Crippen molar-refractivity contribution in [1.29, 1.82) is 0 Å². The maximum Gasteiger partial charge on any atom is 0.306 e. The number of allylic oxidation sites excluding steroid dienone is 14. The highest BCUT2D eigenvalue weighted by molar-refractivity contribution is 5.71. The second-order valence-electron chi connectivity index (χ2n) is 20.6. The molecule has 0 aromatic carbocycles. The molecule has 0 aromatic heterocycles. The summed E-state index contributed by atoms with van der Waals surface area (Å²) in [7, 11) is 0. The fourth-order valence-electron chi connectivity index (χ4n) is 8.69. The Hall–Kier alpha value is -3.41. The van der Waals surface area contributed by atoms with E-state index >= 15 is 0 Å². The van der Waals surface area contributed by atoms with Crippen molar-refractivity contribution in [2.75, 3.05) is 13.2 Å². The summed E-state index contributed by atoms with van der Waals surface area (Å²) in [4.78, 5) is 38.2. The Labute approximate surface area is 452 Å². The predicted octanol–water partition coefficient (Wildman–Crippen LogP) is 21.1. The molecule has 0 rings (SSSR count). The highest BCUT2D eigenvalue weighted by atomic mass is 16.6. The number of hydrogen-bond acceptors (Lipinski definition) is 6. The predicted molar refractivity (Wildman–Crippen MR) is 316 cm³/mol. The maximum absolute atomic E-state index is 12.9. The van der Waals surface area contributed by atoms with Gasteiger partial charge in [0.1, 0.15) is 13.2 Å². The van der Waals surface area contributed by atoms with Crippen molar-refractivity contribution in [1.82, 2.24) is 0 Å². The van der Waals surface area contributed by atoms with E-state index < -0.39 is 6.10 Å². The molecule has 0 aromatic rings. The lowest BCUT2D eigenvalue weighted by atomic mass is 10.0. The van der Waals surface area contributed by atoms with Crippen LogP contribution in [0.15, 0.2) is 85.1 Å². The van der Waals surface area contributed by atoms with Crippen molar-refractivity contribution in [2.45, 2.75) is 309 Å². The first-order valence-electron chi connectivity index (χ1n) is 31.1. The smallest absolute Gasteiger partial charge is 0.306 e. The second-order valence-corrected chi connectivity index (χ2v) is 20.6. The van der Waals surface area contributed by atoms with E-state index in [1.807, 2.05) is 0 Å². The van der Waals surface area contributed by atoms with Crippen LogP contribution in [-0.2, 0) is 28.6 Å². The molecule has 0 aliphatic carbocycles. The molecule has 6 heteroatoms. The van der Waals surface area contributed by atoms with Crippen molar-refractivity contribution in [3.63, 3.8) is 0 Å². The van der Waals surface area contributed by atoms with Crippen LogP contribution in [0.25, 0.3) is 0 Å². The van der Waals surface area contributed by atoms with Crippen molar-refractivity contribution in [2.24, 2.45) is 0 Å². The van der Waals surface area contributed by atoms with Crippen LogP contribution < -0.4 is 0 Å². The van der Waals surface area contributed by atoms with Gasteiger partial charge in [-0.1, -0.05) is 279 Å². The summed E-state index contributed by atoms with van der Waals surface area (Å²) in [6.45, 7) is 6.55. The Morgan fingerprint density at radius 1 is 0.274 bits per heavy atom. The van der Waals surface area contributed by atoms with E-state index in [1.54, 1.807) is 0 Å². The fraction of sp³-hybridized carbons (Fsp3) is 0.746. The number of esters is 3. The molecule has 0 aliphatic rings. The van der Waals surface area contributed by atoms with Gasteiger partial charge in [-0.3, -0.25) is 14.4 Å². The Morgan fingerprint density at radius 2 is 0.507 bits per heavy atom. The highest BCUT2D eigenvalue weighted by Gasteiger charge is 2.19. The molecule has 0 bridgehead atoms.